The second kappa shape index (κ2) is 12.3. The molecule has 0 aromatic heterocycles. The predicted molar refractivity (Wildman–Crippen MR) is 172 cm³/mol. The lowest BCUT2D eigenvalue weighted by atomic mass is 9.49. The Bertz CT molecular complexity index is 1570. The number of likely N-dealkylation sites (tertiary alicyclic amines) is 1. The molecular weight excluding hydrogens is 590 g/mol. The molecule has 9 heteroatoms. The van der Waals surface area contributed by atoms with Gasteiger partial charge in [0.1, 0.15) is 30.1 Å². The summed E-state index contributed by atoms with van der Waals surface area (Å²) in [6.07, 6.45) is 0.608. The second-order valence-corrected chi connectivity index (χ2v) is 14.8. The Morgan fingerprint density at radius 1 is 1.09 bits per heavy atom. The molecule has 0 radical (unpaired) electrons. The molecule has 2 aromatic carbocycles. The molecule has 0 N–H and O–H groups in total. The van der Waals surface area contributed by atoms with Crippen molar-refractivity contribution < 1.29 is 23.8 Å². The van der Waals surface area contributed by atoms with Gasteiger partial charge in [0.15, 0.2) is 0 Å². The molecule has 2 fully saturated rings. The first kappa shape index (κ1) is 32.8. The highest BCUT2D eigenvalue weighted by molar-refractivity contribution is 6.31. The molecule has 0 bridgehead atoms. The number of amides is 1. The van der Waals surface area contributed by atoms with Crippen molar-refractivity contribution in [3.05, 3.63) is 63.7 Å². The molecular formula is C36H42ClN3O5. The normalized spacial score (nSPS) is 21.9. The van der Waals surface area contributed by atoms with Crippen LogP contribution in [0.5, 0.6) is 5.75 Å². The summed E-state index contributed by atoms with van der Waals surface area (Å²) in [5.41, 5.74) is 1.89. The van der Waals surface area contributed by atoms with Crippen molar-refractivity contribution in [2.24, 2.45) is 10.8 Å². The first-order valence-electron chi connectivity index (χ1n) is 15.4. The minimum absolute atomic E-state index is 0.0220. The van der Waals surface area contributed by atoms with Gasteiger partial charge in [0.2, 0.25) is 0 Å². The van der Waals surface area contributed by atoms with E-state index in [-0.39, 0.29) is 47.6 Å². The van der Waals surface area contributed by atoms with E-state index in [9.17, 15) is 14.9 Å². The van der Waals surface area contributed by atoms with Gasteiger partial charge < -0.3 is 19.1 Å². The van der Waals surface area contributed by atoms with Gasteiger partial charge >= 0.3 is 5.97 Å². The van der Waals surface area contributed by atoms with Crippen molar-refractivity contribution in [2.45, 2.75) is 85.3 Å². The smallest absolute Gasteiger partial charge is 0.332 e. The fraction of sp³-hybridized carbons (Fsp3) is 0.528. The molecule has 8 nitrogen and oxygen atoms in total. The molecule has 45 heavy (non-hydrogen) atoms. The van der Waals surface area contributed by atoms with Crippen LogP contribution in [0.25, 0.3) is 0 Å². The summed E-state index contributed by atoms with van der Waals surface area (Å²) in [7, 11) is 0. The number of ether oxygens (including phenoxy) is 3. The lowest BCUT2D eigenvalue weighted by molar-refractivity contribution is -0.199. The Morgan fingerprint density at radius 3 is 2.44 bits per heavy atom. The number of carbonyl (C=O) groups is 2. The van der Waals surface area contributed by atoms with Gasteiger partial charge in [-0.1, -0.05) is 51.1 Å². The monoisotopic (exact) mass is 631 g/mol. The zero-order valence-corrected chi connectivity index (χ0v) is 28.0. The van der Waals surface area contributed by atoms with E-state index >= 15 is 0 Å². The summed E-state index contributed by atoms with van der Waals surface area (Å²) in [4.78, 5) is 29.7. The molecule has 1 aliphatic carbocycles. The van der Waals surface area contributed by atoms with Crippen LogP contribution in [0.2, 0.25) is 5.02 Å². The summed E-state index contributed by atoms with van der Waals surface area (Å²) in [6, 6.07) is 13.0. The number of hydrogen-bond donors (Lipinski definition) is 0. The summed E-state index contributed by atoms with van der Waals surface area (Å²) >= 11 is 6.25. The number of fused-ring (bicyclic) bond motifs is 1. The molecule has 0 spiro atoms. The van der Waals surface area contributed by atoms with E-state index in [2.05, 4.69) is 50.5 Å². The number of halogens is 1. The van der Waals surface area contributed by atoms with Crippen molar-refractivity contribution >= 4 is 23.5 Å². The summed E-state index contributed by atoms with van der Waals surface area (Å²) in [5, 5.41) is 9.56. The summed E-state index contributed by atoms with van der Waals surface area (Å²) in [5.74, 6) is 6.85. The molecule has 0 unspecified atom stereocenters. The Morgan fingerprint density at radius 2 is 1.80 bits per heavy atom. The number of nitriles is 1. The lowest BCUT2D eigenvalue weighted by Crippen LogP contribution is -2.74. The molecule has 3 aliphatic rings. The third-order valence-corrected chi connectivity index (χ3v) is 9.20. The Balaban J connectivity index is 1.13. The summed E-state index contributed by atoms with van der Waals surface area (Å²) < 4.78 is 17.4. The molecule has 2 heterocycles. The quantitative estimate of drug-likeness (QED) is 0.267. The average Bonchev–Trinajstić information content (AvgIpc) is 3.23. The van der Waals surface area contributed by atoms with E-state index in [1.54, 1.807) is 18.2 Å². The third kappa shape index (κ3) is 6.84. The zero-order chi connectivity index (χ0) is 32.7. The lowest BCUT2D eigenvalue weighted by Gasteiger charge is -2.65. The van der Waals surface area contributed by atoms with Gasteiger partial charge in [-0.3, -0.25) is 9.69 Å². The van der Waals surface area contributed by atoms with Crippen LogP contribution in [-0.2, 0) is 20.8 Å². The van der Waals surface area contributed by atoms with Crippen molar-refractivity contribution in [1.29, 1.82) is 5.26 Å². The maximum atomic E-state index is 13.6. The van der Waals surface area contributed by atoms with Gasteiger partial charge in [-0.05, 0) is 56.7 Å². The zero-order valence-electron chi connectivity index (χ0n) is 27.2. The van der Waals surface area contributed by atoms with Crippen molar-refractivity contribution in [3.8, 4) is 23.7 Å². The topological polar surface area (TPSA) is 92.1 Å². The minimum Gasteiger partial charge on any atom is -0.489 e. The second-order valence-electron chi connectivity index (χ2n) is 14.4. The Hall–Kier alpha value is -3.56. The van der Waals surface area contributed by atoms with Crippen LogP contribution in [0, 0.1) is 34.0 Å². The standard InChI is InChI=1S/C36H42ClN3O5/c1-34(2,3)45-30(41)22-43-27-20-39(21-27)15-9-8-10-23-11-14-28-25(16-23)19-40(31(28)42)32-35(4,5)33(36(32,6)7)44-26-13-12-24(18-38)29(37)17-26/h11-14,16-17,27,32-33H,9,15,19-22H2,1-7H3/t32-,33-. The first-order chi connectivity index (χ1) is 21.1. The van der Waals surface area contributed by atoms with Crippen LogP contribution < -0.4 is 4.74 Å². The van der Waals surface area contributed by atoms with E-state index in [4.69, 9.17) is 25.8 Å². The van der Waals surface area contributed by atoms with E-state index < -0.39 is 5.60 Å². The Kier molecular flexibility index (Phi) is 8.99. The van der Waals surface area contributed by atoms with Gasteiger partial charge in [-0.25, -0.2) is 4.79 Å². The predicted octanol–water partition coefficient (Wildman–Crippen LogP) is 5.83. The van der Waals surface area contributed by atoms with Gasteiger partial charge in [0, 0.05) is 66.7 Å². The molecule has 2 aromatic rings. The number of nitrogens with zero attached hydrogens (tertiary/aromatic N) is 3. The van der Waals surface area contributed by atoms with Gasteiger partial charge in [-0.2, -0.15) is 5.26 Å². The van der Waals surface area contributed by atoms with Gasteiger partial charge in [0.25, 0.3) is 5.91 Å². The summed E-state index contributed by atoms with van der Waals surface area (Å²) in [6.45, 7) is 17.0. The molecule has 2 aliphatic heterocycles. The van der Waals surface area contributed by atoms with Crippen LogP contribution in [0.1, 0.15) is 81.9 Å². The third-order valence-electron chi connectivity index (χ3n) is 8.89. The molecule has 1 saturated heterocycles. The average molecular weight is 632 g/mol. The SMILES string of the molecule is CC(C)(C)OC(=O)COC1CN(CCC#Cc2ccc3c(c2)CN([C@H]2C(C)(C)[C@H](Oc4ccc(C#N)c(Cl)c4)C2(C)C)C3=O)C1. The Labute approximate surface area is 271 Å². The van der Waals surface area contributed by atoms with E-state index in [1.807, 2.05) is 43.9 Å². The molecule has 1 saturated carbocycles. The van der Waals surface area contributed by atoms with Gasteiger partial charge in [-0.15, -0.1) is 0 Å². The molecule has 0 atom stereocenters. The highest BCUT2D eigenvalue weighted by Gasteiger charge is 2.67. The van der Waals surface area contributed by atoms with Gasteiger partial charge in [0.05, 0.1) is 16.7 Å². The van der Waals surface area contributed by atoms with E-state index in [0.29, 0.717) is 22.9 Å². The number of carbonyl (C=O) groups excluding carboxylic acids is 2. The van der Waals surface area contributed by atoms with Crippen LogP contribution in [-0.4, -0.2) is 71.8 Å². The molecule has 5 rings (SSSR count). The number of hydrogen-bond acceptors (Lipinski definition) is 7. The van der Waals surface area contributed by atoms with Crippen LogP contribution in [0.15, 0.2) is 36.4 Å². The van der Waals surface area contributed by atoms with Crippen molar-refractivity contribution in [1.82, 2.24) is 9.80 Å². The number of esters is 1. The number of benzene rings is 2. The highest BCUT2D eigenvalue weighted by Crippen LogP contribution is 2.59. The van der Waals surface area contributed by atoms with Crippen LogP contribution >= 0.6 is 11.6 Å². The van der Waals surface area contributed by atoms with Crippen molar-refractivity contribution in [3.63, 3.8) is 0 Å². The van der Waals surface area contributed by atoms with Crippen molar-refractivity contribution in [2.75, 3.05) is 26.2 Å². The van der Waals surface area contributed by atoms with E-state index in [1.165, 1.54) is 0 Å². The fourth-order valence-electron chi connectivity index (χ4n) is 7.39. The number of rotatable bonds is 8. The molecule has 238 valence electrons. The molecule has 1 amide bonds. The van der Waals surface area contributed by atoms with E-state index in [0.717, 1.165) is 42.7 Å². The maximum Gasteiger partial charge on any atom is 0.332 e. The maximum absolute atomic E-state index is 13.6. The largest absolute Gasteiger partial charge is 0.489 e. The minimum atomic E-state index is -0.507. The fourth-order valence-corrected chi connectivity index (χ4v) is 7.60. The van der Waals surface area contributed by atoms with Crippen LogP contribution in [0.4, 0.5) is 0 Å². The highest BCUT2D eigenvalue weighted by atomic mass is 35.5. The van der Waals surface area contributed by atoms with Crippen LogP contribution in [0.3, 0.4) is 0 Å². The first-order valence-corrected chi connectivity index (χ1v) is 15.8.